The van der Waals surface area contributed by atoms with Gasteiger partial charge in [-0.1, -0.05) is 70.1 Å². The Morgan fingerprint density at radius 3 is 2.36 bits per heavy atom. The molecule has 3 aromatic rings. The molecule has 1 heterocycles. The second-order valence-corrected chi connectivity index (χ2v) is 8.48. The van der Waals surface area contributed by atoms with Crippen LogP contribution in [0.1, 0.15) is 77.2 Å². The van der Waals surface area contributed by atoms with Gasteiger partial charge in [0.2, 0.25) is 5.43 Å². The first-order valence-corrected chi connectivity index (χ1v) is 12.4. The molecule has 33 heavy (non-hydrogen) atoms. The Hall–Kier alpha value is -2.82. The van der Waals surface area contributed by atoms with Gasteiger partial charge in [0.25, 0.3) is 0 Å². The van der Waals surface area contributed by atoms with Gasteiger partial charge in [-0.15, -0.1) is 0 Å². The zero-order chi connectivity index (χ0) is 23.5. The minimum atomic E-state index is -0.253. The van der Waals surface area contributed by atoms with Crippen LogP contribution in [0.25, 0.3) is 21.9 Å². The third-order valence-corrected chi connectivity index (χ3v) is 5.93. The van der Waals surface area contributed by atoms with Crippen LogP contribution in [-0.4, -0.2) is 19.2 Å². The first-order valence-electron chi connectivity index (χ1n) is 12.4. The lowest BCUT2D eigenvalue weighted by Crippen LogP contribution is -2.10. The van der Waals surface area contributed by atoms with Crippen molar-refractivity contribution in [3.8, 4) is 5.75 Å². The number of carbonyl (C=O) groups excluding carboxylic acids is 1. The number of fused-ring (bicyclic) bond motifs is 2. The Kier molecular flexibility index (Phi) is 9.79. The second kappa shape index (κ2) is 13.0. The average molecular weight is 453 g/mol. The zero-order valence-corrected chi connectivity index (χ0v) is 20.0. The van der Waals surface area contributed by atoms with Crippen LogP contribution >= 0.6 is 0 Å². The van der Waals surface area contributed by atoms with E-state index < -0.39 is 0 Å². The predicted molar refractivity (Wildman–Crippen MR) is 133 cm³/mol. The molecular formula is C28H36O5. The van der Waals surface area contributed by atoms with Crippen molar-refractivity contribution >= 4 is 27.9 Å². The molecule has 0 atom stereocenters. The quantitative estimate of drug-likeness (QED) is 0.150. The third kappa shape index (κ3) is 6.83. The second-order valence-electron chi connectivity index (χ2n) is 8.48. The molecule has 0 saturated carbocycles. The van der Waals surface area contributed by atoms with Crippen LogP contribution in [0.4, 0.5) is 0 Å². The Morgan fingerprint density at radius 2 is 1.61 bits per heavy atom. The van der Waals surface area contributed by atoms with E-state index in [2.05, 4.69) is 6.92 Å². The molecule has 0 spiro atoms. The molecule has 0 aliphatic rings. The van der Waals surface area contributed by atoms with Crippen LogP contribution in [0.3, 0.4) is 0 Å². The van der Waals surface area contributed by atoms with E-state index in [1.807, 2.05) is 18.2 Å². The van der Waals surface area contributed by atoms with E-state index in [1.54, 1.807) is 25.1 Å². The fraction of sp³-hybridized carbons (Fsp3) is 0.500. The highest BCUT2D eigenvalue weighted by Crippen LogP contribution is 2.31. The first kappa shape index (κ1) is 24.8. The topological polar surface area (TPSA) is 65.7 Å². The first-order chi connectivity index (χ1) is 16.2. The summed E-state index contributed by atoms with van der Waals surface area (Å²) in [5.74, 6) is 0.288. The summed E-state index contributed by atoms with van der Waals surface area (Å²) in [7, 11) is 0. The smallest absolute Gasteiger partial charge is 0.306 e. The maximum absolute atomic E-state index is 13.3. The molecule has 0 radical (unpaired) electrons. The molecule has 0 aliphatic heterocycles. The number of rotatable bonds is 14. The number of aryl methyl sites for hydroxylation is 1. The molecule has 0 unspecified atom stereocenters. The van der Waals surface area contributed by atoms with Crippen LogP contribution in [0.2, 0.25) is 0 Å². The largest absolute Gasteiger partial charge is 0.492 e. The summed E-state index contributed by atoms with van der Waals surface area (Å²) in [6.07, 6.45) is 10.4. The summed E-state index contributed by atoms with van der Waals surface area (Å²) in [4.78, 5) is 25.2. The molecule has 1 aromatic heterocycles. The Balaban J connectivity index is 1.77. The maximum atomic E-state index is 13.3. The van der Waals surface area contributed by atoms with Crippen molar-refractivity contribution in [3.05, 3.63) is 52.2 Å². The summed E-state index contributed by atoms with van der Waals surface area (Å²) in [6.45, 7) is 4.91. The molecule has 5 heteroatoms. The van der Waals surface area contributed by atoms with E-state index in [0.29, 0.717) is 47.3 Å². The summed E-state index contributed by atoms with van der Waals surface area (Å²) in [5, 5.41) is 0.985. The lowest BCUT2D eigenvalue weighted by atomic mass is 10.0. The van der Waals surface area contributed by atoms with Crippen molar-refractivity contribution in [2.24, 2.45) is 0 Å². The van der Waals surface area contributed by atoms with Gasteiger partial charge in [-0.05, 0) is 43.5 Å². The van der Waals surface area contributed by atoms with E-state index >= 15 is 0 Å². The standard InChI is InChI=1S/C28H36O5/c1-3-5-6-7-8-9-10-13-20-32-28-21(17-19-25(29)31-4-2)16-18-24-26(28)27(30)22-14-11-12-15-23(22)33-24/h11-12,14-16,18H,3-10,13,17,19-20H2,1-2H3. The van der Waals surface area contributed by atoms with E-state index in [1.165, 1.54) is 38.5 Å². The van der Waals surface area contributed by atoms with Crippen molar-refractivity contribution in [1.82, 2.24) is 0 Å². The molecule has 0 bridgehead atoms. The van der Waals surface area contributed by atoms with E-state index in [-0.39, 0.29) is 17.8 Å². The van der Waals surface area contributed by atoms with Gasteiger partial charge in [0.1, 0.15) is 22.3 Å². The number of esters is 1. The highest BCUT2D eigenvalue weighted by atomic mass is 16.5. The summed E-state index contributed by atoms with van der Waals surface area (Å²) in [5.41, 5.74) is 1.79. The number of unbranched alkanes of at least 4 members (excludes halogenated alkanes) is 7. The van der Waals surface area contributed by atoms with Crippen LogP contribution < -0.4 is 10.2 Å². The average Bonchev–Trinajstić information content (AvgIpc) is 2.82. The Morgan fingerprint density at radius 1 is 0.879 bits per heavy atom. The lowest BCUT2D eigenvalue weighted by Gasteiger charge is -2.14. The van der Waals surface area contributed by atoms with Crippen LogP contribution in [0, 0.1) is 0 Å². The Labute approximate surface area is 196 Å². The minimum Gasteiger partial charge on any atom is -0.492 e. The van der Waals surface area contributed by atoms with Crippen LogP contribution in [-0.2, 0) is 16.0 Å². The molecule has 0 fully saturated rings. The summed E-state index contributed by atoms with van der Waals surface area (Å²) < 4.78 is 17.3. The van der Waals surface area contributed by atoms with Crippen molar-refractivity contribution in [1.29, 1.82) is 0 Å². The van der Waals surface area contributed by atoms with Crippen LogP contribution in [0.5, 0.6) is 5.75 Å². The molecule has 0 N–H and O–H groups in total. The summed E-state index contributed by atoms with van der Waals surface area (Å²) >= 11 is 0. The van der Waals surface area contributed by atoms with Gasteiger partial charge in [0, 0.05) is 6.42 Å². The lowest BCUT2D eigenvalue weighted by molar-refractivity contribution is -0.143. The molecule has 5 nitrogen and oxygen atoms in total. The predicted octanol–water partition coefficient (Wildman–Crippen LogP) is 6.96. The van der Waals surface area contributed by atoms with E-state index in [4.69, 9.17) is 13.9 Å². The Bertz CT molecular complexity index is 1100. The zero-order valence-electron chi connectivity index (χ0n) is 20.0. The van der Waals surface area contributed by atoms with Crippen molar-refractivity contribution in [2.45, 2.75) is 78.1 Å². The van der Waals surface area contributed by atoms with Gasteiger partial charge in [0.05, 0.1) is 18.6 Å². The summed E-state index contributed by atoms with van der Waals surface area (Å²) in [6, 6.07) is 10.9. The third-order valence-electron chi connectivity index (χ3n) is 5.93. The van der Waals surface area contributed by atoms with Crippen molar-refractivity contribution in [2.75, 3.05) is 13.2 Å². The molecule has 178 valence electrons. The van der Waals surface area contributed by atoms with Crippen molar-refractivity contribution < 1.29 is 18.7 Å². The number of ether oxygens (including phenoxy) is 2. The van der Waals surface area contributed by atoms with Gasteiger partial charge >= 0.3 is 5.97 Å². The fourth-order valence-corrected chi connectivity index (χ4v) is 4.15. The van der Waals surface area contributed by atoms with E-state index in [0.717, 1.165) is 18.4 Å². The van der Waals surface area contributed by atoms with Gasteiger partial charge < -0.3 is 13.9 Å². The minimum absolute atomic E-state index is 0.101. The number of hydrogen-bond acceptors (Lipinski definition) is 5. The van der Waals surface area contributed by atoms with Gasteiger partial charge in [-0.25, -0.2) is 0 Å². The van der Waals surface area contributed by atoms with Crippen molar-refractivity contribution in [3.63, 3.8) is 0 Å². The molecule has 2 aromatic carbocycles. The van der Waals surface area contributed by atoms with Crippen LogP contribution in [0.15, 0.2) is 45.6 Å². The molecule has 0 saturated heterocycles. The number of hydrogen-bond donors (Lipinski definition) is 0. The van der Waals surface area contributed by atoms with Gasteiger partial charge in [-0.3, -0.25) is 9.59 Å². The highest BCUT2D eigenvalue weighted by molar-refractivity contribution is 5.94. The molecular weight excluding hydrogens is 416 g/mol. The maximum Gasteiger partial charge on any atom is 0.306 e. The fourth-order valence-electron chi connectivity index (χ4n) is 4.15. The van der Waals surface area contributed by atoms with Gasteiger partial charge in [-0.2, -0.15) is 0 Å². The monoisotopic (exact) mass is 452 g/mol. The van der Waals surface area contributed by atoms with Gasteiger partial charge in [0.15, 0.2) is 0 Å². The number of benzene rings is 2. The molecule has 0 amide bonds. The van der Waals surface area contributed by atoms with E-state index in [9.17, 15) is 9.59 Å². The normalized spacial score (nSPS) is 11.2. The number of para-hydroxylation sites is 1. The SMILES string of the molecule is CCCCCCCCCCOc1c(CCC(=O)OCC)ccc2oc3ccccc3c(=O)c12. The highest BCUT2D eigenvalue weighted by Gasteiger charge is 2.17. The number of carbonyl (C=O) groups is 1. The molecule has 0 aliphatic carbocycles. The molecule has 3 rings (SSSR count).